The van der Waals surface area contributed by atoms with Gasteiger partial charge in [0.15, 0.2) is 5.60 Å². The van der Waals surface area contributed by atoms with Crippen molar-refractivity contribution < 1.29 is 14.3 Å². The van der Waals surface area contributed by atoms with Crippen LogP contribution < -0.4 is 9.47 Å². The number of fused-ring (bicyclic) bond motifs is 1. The monoisotopic (exact) mass is 282 g/mol. The summed E-state index contributed by atoms with van der Waals surface area (Å²) in [6.07, 6.45) is 1.53. The van der Waals surface area contributed by atoms with Crippen LogP contribution in [0, 0.1) is 0 Å². The molecule has 21 heavy (non-hydrogen) atoms. The number of benzene rings is 2. The Morgan fingerprint density at radius 1 is 1.14 bits per heavy atom. The zero-order chi connectivity index (χ0) is 14.9. The topological polar surface area (TPSA) is 35.5 Å². The van der Waals surface area contributed by atoms with Crippen molar-refractivity contribution in [3.05, 3.63) is 59.7 Å². The summed E-state index contributed by atoms with van der Waals surface area (Å²) >= 11 is 0. The number of hydrogen-bond acceptors (Lipinski definition) is 3. The molecule has 0 aromatic heterocycles. The van der Waals surface area contributed by atoms with E-state index < -0.39 is 5.60 Å². The molecule has 0 bridgehead atoms. The molecule has 108 valence electrons. The molecule has 1 aliphatic heterocycles. The summed E-state index contributed by atoms with van der Waals surface area (Å²) in [7, 11) is 1.61. The number of ether oxygens (including phenoxy) is 2. The molecule has 2 aromatic carbocycles. The molecule has 0 fully saturated rings. The van der Waals surface area contributed by atoms with Crippen LogP contribution in [0.5, 0.6) is 11.5 Å². The van der Waals surface area contributed by atoms with Crippen LogP contribution in [0.15, 0.2) is 48.5 Å². The Morgan fingerprint density at radius 2 is 1.90 bits per heavy atom. The lowest BCUT2D eigenvalue weighted by Gasteiger charge is -2.27. The molecule has 1 heterocycles. The van der Waals surface area contributed by atoms with Crippen molar-refractivity contribution in [1.29, 1.82) is 0 Å². The van der Waals surface area contributed by atoms with E-state index in [2.05, 4.69) is 6.92 Å². The van der Waals surface area contributed by atoms with Gasteiger partial charge in [0.25, 0.3) is 0 Å². The molecule has 0 aliphatic carbocycles. The molecule has 0 spiro atoms. The van der Waals surface area contributed by atoms with Crippen LogP contribution in [-0.4, -0.2) is 12.9 Å². The number of carbonyl (C=O) groups excluding carboxylic acids is 1. The molecule has 0 saturated heterocycles. The molecule has 0 saturated carbocycles. The average molecular weight is 282 g/mol. The molecule has 2 aromatic rings. The molecule has 3 rings (SSSR count). The fourth-order valence-electron chi connectivity index (χ4n) is 2.91. The molecule has 1 aliphatic rings. The fraction of sp³-hybridized carbons (Fsp3) is 0.278. The van der Waals surface area contributed by atoms with Crippen LogP contribution in [0.4, 0.5) is 0 Å². The predicted octanol–water partition coefficient (Wildman–Crippen LogP) is 3.97. The van der Waals surface area contributed by atoms with Gasteiger partial charge in [-0.2, -0.15) is 0 Å². The van der Waals surface area contributed by atoms with Gasteiger partial charge in [0, 0.05) is 11.6 Å². The minimum absolute atomic E-state index is 0.0354. The third-order valence-electron chi connectivity index (χ3n) is 3.93. The lowest BCUT2D eigenvalue weighted by Crippen LogP contribution is -2.36. The predicted molar refractivity (Wildman–Crippen MR) is 81.0 cm³/mol. The third kappa shape index (κ3) is 2.09. The highest BCUT2D eigenvalue weighted by molar-refractivity contribution is 6.08. The zero-order valence-electron chi connectivity index (χ0n) is 12.3. The zero-order valence-corrected chi connectivity index (χ0v) is 12.3. The average Bonchev–Trinajstić information content (AvgIpc) is 2.81. The van der Waals surface area contributed by atoms with Crippen molar-refractivity contribution in [3.63, 3.8) is 0 Å². The molecule has 0 radical (unpaired) electrons. The highest BCUT2D eigenvalue weighted by atomic mass is 16.5. The Labute approximate surface area is 124 Å². The maximum absolute atomic E-state index is 12.9. The normalized spacial score (nSPS) is 20.0. The van der Waals surface area contributed by atoms with Gasteiger partial charge in [-0.3, -0.25) is 4.79 Å². The Bertz CT molecular complexity index is 663. The first-order chi connectivity index (χ1) is 10.2. The standard InChI is InChI=1S/C18H18O3/c1-3-11-18(13-7-5-4-6-8-13)17(19)15-10-9-14(20-2)12-16(15)21-18/h4-10,12H,3,11H2,1-2H3. The number of Topliss-reactive ketones (excluding diaryl/α,β-unsaturated/α-hetero) is 1. The summed E-state index contributed by atoms with van der Waals surface area (Å²) in [6.45, 7) is 2.06. The van der Waals surface area contributed by atoms with E-state index in [9.17, 15) is 4.79 Å². The van der Waals surface area contributed by atoms with Crippen molar-refractivity contribution in [1.82, 2.24) is 0 Å². The number of carbonyl (C=O) groups is 1. The smallest absolute Gasteiger partial charge is 0.214 e. The second-order valence-corrected chi connectivity index (χ2v) is 5.24. The van der Waals surface area contributed by atoms with E-state index in [1.54, 1.807) is 25.3 Å². The first kappa shape index (κ1) is 13.7. The van der Waals surface area contributed by atoms with Crippen LogP contribution in [0.2, 0.25) is 0 Å². The summed E-state index contributed by atoms with van der Waals surface area (Å²) in [5.41, 5.74) is 0.644. The van der Waals surface area contributed by atoms with Gasteiger partial charge in [0.2, 0.25) is 5.78 Å². The largest absolute Gasteiger partial charge is 0.497 e. The second kappa shape index (κ2) is 5.24. The SMILES string of the molecule is CCCC1(c2ccccc2)Oc2cc(OC)ccc2C1=O. The van der Waals surface area contributed by atoms with Gasteiger partial charge >= 0.3 is 0 Å². The number of methoxy groups -OCH3 is 1. The highest BCUT2D eigenvalue weighted by Crippen LogP contribution is 2.45. The van der Waals surface area contributed by atoms with E-state index in [-0.39, 0.29) is 5.78 Å². The Morgan fingerprint density at radius 3 is 2.57 bits per heavy atom. The van der Waals surface area contributed by atoms with Gasteiger partial charge in [-0.15, -0.1) is 0 Å². The lowest BCUT2D eigenvalue weighted by atomic mass is 9.84. The minimum atomic E-state index is -0.898. The number of rotatable bonds is 4. The summed E-state index contributed by atoms with van der Waals surface area (Å²) < 4.78 is 11.4. The summed E-state index contributed by atoms with van der Waals surface area (Å²) in [4.78, 5) is 12.9. The molecular weight excluding hydrogens is 264 g/mol. The van der Waals surface area contributed by atoms with Crippen LogP contribution in [0.1, 0.15) is 35.7 Å². The van der Waals surface area contributed by atoms with Crippen LogP contribution in [-0.2, 0) is 5.60 Å². The number of hydrogen-bond donors (Lipinski definition) is 0. The van der Waals surface area contributed by atoms with Crippen LogP contribution >= 0.6 is 0 Å². The summed E-state index contributed by atoms with van der Waals surface area (Å²) in [5, 5.41) is 0. The van der Waals surface area contributed by atoms with Crippen molar-refractivity contribution in [2.75, 3.05) is 7.11 Å². The van der Waals surface area contributed by atoms with E-state index in [1.165, 1.54) is 0 Å². The van der Waals surface area contributed by atoms with Gasteiger partial charge in [0.05, 0.1) is 12.7 Å². The fourth-order valence-corrected chi connectivity index (χ4v) is 2.91. The molecule has 3 heteroatoms. The number of ketones is 1. The Kier molecular flexibility index (Phi) is 3.42. The van der Waals surface area contributed by atoms with E-state index in [1.807, 2.05) is 30.3 Å². The third-order valence-corrected chi connectivity index (χ3v) is 3.93. The quantitative estimate of drug-likeness (QED) is 0.851. The second-order valence-electron chi connectivity index (χ2n) is 5.24. The van der Waals surface area contributed by atoms with Crippen LogP contribution in [0.3, 0.4) is 0 Å². The first-order valence-corrected chi connectivity index (χ1v) is 7.18. The van der Waals surface area contributed by atoms with Crippen molar-refractivity contribution in [2.45, 2.75) is 25.4 Å². The van der Waals surface area contributed by atoms with Crippen molar-refractivity contribution in [2.24, 2.45) is 0 Å². The Hall–Kier alpha value is -2.29. The first-order valence-electron chi connectivity index (χ1n) is 7.18. The van der Waals surface area contributed by atoms with Gasteiger partial charge in [0.1, 0.15) is 11.5 Å². The van der Waals surface area contributed by atoms with Crippen molar-refractivity contribution >= 4 is 5.78 Å². The lowest BCUT2D eigenvalue weighted by molar-refractivity contribution is 0.0508. The molecule has 1 atom stereocenters. The maximum atomic E-state index is 12.9. The van der Waals surface area contributed by atoms with E-state index >= 15 is 0 Å². The van der Waals surface area contributed by atoms with Gasteiger partial charge in [-0.05, 0) is 18.6 Å². The summed E-state index contributed by atoms with van der Waals surface area (Å²) in [5.74, 6) is 1.34. The maximum Gasteiger partial charge on any atom is 0.214 e. The molecule has 0 N–H and O–H groups in total. The molecule has 1 unspecified atom stereocenters. The van der Waals surface area contributed by atoms with E-state index in [0.717, 1.165) is 12.0 Å². The van der Waals surface area contributed by atoms with Gasteiger partial charge in [-0.25, -0.2) is 0 Å². The molecular formula is C18H18O3. The van der Waals surface area contributed by atoms with Crippen LogP contribution in [0.25, 0.3) is 0 Å². The van der Waals surface area contributed by atoms with Crippen molar-refractivity contribution in [3.8, 4) is 11.5 Å². The molecule has 0 amide bonds. The van der Waals surface area contributed by atoms with Gasteiger partial charge in [-0.1, -0.05) is 43.7 Å². The Balaban J connectivity index is 2.10. The summed E-state index contributed by atoms with van der Waals surface area (Å²) in [6, 6.07) is 15.1. The molecule has 3 nitrogen and oxygen atoms in total. The minimum Gasteiger partial charge on any atom is -0.497 e. The van der Waals surface area contributed by atoms with E-state index in [0.29, 0.717) is 23.5 Å². The van der Waals surface area contributed by atoms with E-state index in [4.69, 9.17) is 9.47 Å². The van der Waals surface area contributed by atoms with Gasteiger partial charge < -0.3 is 9.47 Å². The highest BCUT2D eigenvalue weighted by Gasteiger charge is 2.48.